The minimum absolute atomic E-state index is 0.367. The van der Waals surface area contributed by atoms with Gasteiger partial charge in [-0.15, -0.1) is 0 Å². The van der Waals surface area contributed by atoms with E-state index in [9.17, 15) is 8.78 Å². The van der Waals surface area contributed by atoms with Crippen molar-refractivity contribution in [1.82, 2.24) is 4.98 Å². The Balaban J connectivity index is 2.02. The lowest BCUT2D eigenvalue weighted by atomic mass is 10.2. The predicted molar refractivity (Wildman–Crippen MR) is 62.9 cm³/mol. The molecule has 0 unspecified atom stereocenters. The summed E-state index contributed by atoms with van der Waals surface area (Å²) in [7, 11) is 0. The van der Waals surface area contributed by atoms with Crippen LogP contribution in [0.2, 0.25) is 5.02 Å². The highest BCUT2D eigenvalue weighted by atomic mass is 35.5. The van der Waals surface area contributed by atoms with Crippen LogP contribution < -0.4 is 5.32 Å². The van der Waals surface area contributed by atoms with E-state index in [0.717, 1.165) is 12.1 Å². The van der Waals surface area contributed by atoms with Crippen molar-refractivity contribution < 1.29 is 8.78 Å². The summed E-state index contributed by atoms with van der Waals surface area (Å²) in [5.41, 5.74) is 0.639. The number of rotatable bonds is 3. The van der Waals surface area contributed by atoms with Gasteiger partial charge in [0.15, 0.2) is 11.6 Å². The van der Waals surface area contributed by atoms with E-state index in [1.807, 2.05) is 0 Å². The summed E-state index contributed by atoms with van der Waals surface area (Å²) in [6.07, 6.45) is 1.51. The van der Waals surface area contributed by atoms with Crippen LogP contribution in [-0.4, -0.2) is 4.98 Å². The Hall–Kier alpha value is -1.68. The van der Waals surface area contributed by atoms with Crippen molar-refractivity contribution in [1.29, 1.82) is 0 Å². The molecule has 0 aliphatic heterocycles. The Kier molecular flexibility index (Phi) is 3.54. The third kappa shape index (κ3) is 3.14. The van der Waals surface area contributed by atoms with Crippen molar-refractivity contribution in [2.45, 2.75) is 6.54 Å². The Morgan fingerprint density at radius 3 is 2.59 bits per heavy atom. The molecule has 2 nitrogen and oxygen atoms in total. The van der Waals surface area contributed by atoms with E-state index in [4.69, 9.17) is 11.6 Å². The van der Waals surface area contributed by atoms with Gasteiger partial charge in [0, 0.05) is 12.7 Å². The molecule has 0 radical (unpaired) electrons. The van der Waals surface area contributed by atoms with Crippen molar-refractivity contribution in [3.63, 3.8) is 0 Å². The fraction of sp³-hybridized carbons (Fsp3) is 0.0833. The highest BCUT2D eigenvalue weighted by Gasteiger charge is 2.02. The molecule has 0 atom stereocenters. The van der Waals surface area contributed by atoms with Crippen molar-refractivity contribution in [3.05, 3.63) is 58.7 Å². The number of hydrogen-bond donors (Lipinski definition) is 1. The quantitative estimate of drug-likeness (QED) is 0.905. The zero-order valence-corrected chi connectivity index (χ0v) is 9.51. The molecule has 1 heterocycles. The summed E-state index contributed by atoms with van der Waals surface area (Å²) in [6, 6.07) is 7.17. The average Bonchev–Trinajstić information content (AvgIpc) is 2.33. The summed E-state index contributed by atoms with van der Waals surface area (Å²) in [4.78, 5) is 4.02. The minimum Gasteiger partial charge on any atom is -0.366 e. The third-order valence-electron chi connectivity index (χ3n) is 2.19. The molecule has 1 aromatic carbocycles. The van der Waals surface area contributed by atoms with Crippen LogP contribution >= 0.6 is 11.6 Å². The van der Waals surface area contributed by atoms with Crippen LogP contribution in [0.25, 0.3) is 0 Å². The number of nitrogens with one attached hydrogen (secondary N) is 1. The smallest absolute Gasteiger partial charge is 0.159 e. The summed E-state index contributed by atoms with van der Waals surface area (Å²) in [6.45, 7) is 0.367. The van der Waals surface area contributed by atoms with Crippen LogP contribution in [-0.2, 0) is 6.54 Å². The molecule has 0 aliphatic carbocycles. The molecule has 88 valence electrons. The number of hydrogen-bond acceptors (Lipinski definition) is 2. The fourth-order valence-electron chi connectivity index (χ4n) is 1.32. The van der Waals surface area contributed by atoms with Gasteiger partial charge >= 0.3 is 0 Å². The lowest BCUT2D eigenvalue weighted by Crippen LogP contribution is -2.01. The second-order valence-electron chi connectivity index (χ2n) is 3.46. The first-order valence-electron chi connectivity index (χ1n) is 4.94. The molecule has 17 heavy (non-hydrogen) atoms. The van der Waals surface area contributed by atoms with Crippen LogP contribution in [0.1, 0.15) is 5.56 Å². The second kappa shape index (κ2) is 5.10. The molecule has 0 fully saturated rings. The molecule has 0 amide bonds. The predicted octanol–water partition coefficient (Wildman–Crippen LogP) is 3.63. The van der Waals surface area contributed by atoms with Gasteiger partial charge in [0.1, 0.15) is 5.82 Å². The molecule has 2 rings (SSSR count). The van der Waals surface area contributed by atoms with Crippen LogP contribution in [0.4, 0.5) is 14.6 Å². The van der Waals surface area contributed by atoms with E-state index in [1.54, 1.807) is 12.1 Å². The first-order chi connectivity index (χ1) is 8.15. The van der Waals surface area contributed by atoms with Gasteiger partial charge in [-0.05, 0) is 29.8 Å². The van der Waals surface area contributed by atoms with Crippen LogP contribution in [0.5, 0.6) is 0 Å². The maximum atomic E-state index is 12.9. The summed E-state index contributed by atoms with van der Waals surface area (Å²) in [5.74, 6) is -1.08. The van der Waals surface area contributed by atoms with Crippen molar-refractivity contribution in [3.8, 4) is 0 Å². The maximum absolute atomic E-state index is 12.9. The number of aromatic nitrogens is 1. The van der Waals surface area contributed by atoms with Gasteiger partial charge in [-0.25, -0.2) is 13.8 Å². The molecule has 0 saturated carbocycles. The number of pyridine rings is 1. The Bertz CT molecular complexity index is 514. The monoisotopic (exact) mass is 254 g/mol. The van der Waals surface area contributed by atoms with E-state index in [0.29, 0.717) is 22.9 Å². The van der Waals surface area contributed by atoms with E-state index in [1.165, 1.54) is 12.3 Å². The number of anilines is 1. The van der Waals surface area contributed by atoms with Gasteiger partial charge in [0.2, 0.25) is 0 Å². The van der Waals surface area contributed by atoms with Gasteiger partial charge in [-0.3, -0.25) is 0 Å². The molecule has 2 aromatic rings. The van der Waals surface area contributed by atoms with Crippen molar-refractivity contribution >= 4 is 17.4 Å². The van der Waals surface area contributed by atoms with Crippen molar-refractivity contribution in [2.75, 3.05) is 5.32 Å². The molecule has 1 aromatic heterocycles. The van der Waals surface area contributed by atoms with Gasteiger partial charge in [-0.2, -0.15) is 0 Å². The second-order valence-corrected chi connectivity index (χ2v) is 3.90. The van der Waals surface area contributed by atoms with E-state index >= 15 is 0 Å². The molecule has 0 spiro atoms. The lowest BCUT2D eigenvalue weighted by Gasteiger charge is -2.05. The molecule has 5 heteroatoms. The fourth-order valence-corrected chi connectivity index (χ4v) is 1.43. The molecular formula is C12H9ClF2N2. The normalized spacial score (nSPS) is 10.3. The van der Waals surface area contributed by atoms with E-state index in [2.05, 4.69) is 10.3 Å². The first-order valence-corrected chi connectivity index (χ1v) is 5.32. The molecular weight excluding hydrogens is 246 g/mol. The highest BCUT2D eigenvalue weighted by Crippen LogP contribution is 2.12. The third-order valence-corrected chi connectivity index (χ3v) is 2.41. The molecule has 0 saturated heterocycles. The van der Waals surface area contributed by atoms with E-state index < -0.39 is 11.6 Å². The van der Waals surface area contributed by atoms with Crippen LogP contribution in [0.3, 0.4) is 0 Å². The summed E-state index contributed by atoms with van der Waals surface area (Å²) in [5, 5.41) is 3.52. The number of nitrogens with zero attached hydrogens (tertiary/aromatic N) is 1. The zero-order valence-electron chi connectivity index (χ0n) is 8.75. The lowest BCUT2D eigenvalue weighted by molar-refractivity contribution is 0.507. The Morgan fingerprint density at radius 1 is 1.12 bits per heavy atom. The summed E-state index contributed by atoms with van der Waals surface area (Å²) < 4.78 is 25.6. The van der Waals surface area contributed by atoms with Gasteiger partial charge in [0.25, 0.3) is 0 Å². The Labute approximate surface area is 102 Å². The highest BCUT2D eigenvalue weighted by molar-refractivity contribution is 6.30. The SMILES string of the molecule is Fc1ccc(CNc2ccc(Cl)cn2)cc1F. The van der Waals surface area contributed by atoms with Crippen LogP contribution in [0, 0.1) is 11.6 Å². The zero-order chi connectivity index (χ0) is 12.3. The largest absolute Gasteiger partial charge is 0.366 e. The molecule has 0 bridgehead atoms. The molecule has 0 aliphatic rings. The standard InChI is InChI=1S/C12H9ClF2N2/c13-9-2-4-12(17-7-9)16-6-8-1-3-10(14)11(15)5-8/h1-5,7H,6H2,(H,16,17). The van der Waals surface area contributed by atoms with E-state index in [-0.39, 0.29) is 0 Å². The van der Waals surface area contributed by atoms with Gasteiger partial charge < -0.3 is 5.32 Å². The molecule has 1 N–H and O–H groups in total. The van der Waals surface area contributed by atoms with Gasteiger partial charge in [0.05, 0.1) is 5.02 Å². The maximum Gasteiger partial charge on any atom is 0.159 e. The summed E-state index contributed by atoms with van der Waals surface area (Å²) >= 11 is 5.69. The first kappa shape index (κ1) is 11.8. The topological polar surface area (TPSA) is 24.9 Å². The Morgan fingerprint density at radius 2 is 1.94 bits per heavy atom. The number of halogens is 3. The average molecular weight is 255 g/mol. The van der Waals surface area contributed by atoms with Crippen molar-refractivity contribution in [2.24, 2.45) is 0 Å². The number of benzene rings is 1. The minimum atomic E-state index is -0.853. The van der Waals surface area contributed by atoms with Crippen LogP contribution in [0.15, 0.2) is 36.5 Å². The van der Waals surface area contributed by atoms with Gasteiger partial charge in [-0.1, -0.05) is 17.7 Å².